The molecule has 1 rings (SSSR count). The molecule has 0 bridgehead atoms. The molecular weight excluding hydrogens is 208 g/mol. The van der Waals surface area contributed by atoms with Crippen LogP contribution in [0.4, 0.5) is 0 Å². The molecule has 1 heterocycles. The van der Waals surface area contributed by atoms with Crippen LogP contribution in [-0.4, -0.2) is 24.9 Å². The van der Waals surface area contributed by atoms with Crippen molar-refractivity contribution in [1.82, 2.24) is 4.90 Å². The summed E-state index contributed by atoms with van der Waals surface area (Å²) in [4.78, 5) is 13.7. The Kier molecular flexibility index (Phi) is 3.30. The van der Waals surface area contributed by atoms with Gasteiger partial charge in [0.25, 0.3) is 0 Å². The van der Waals surface area contributed by atoms with Gasteiger partial charge in [-0.2, -0.15) is 0 Å². The second-order valence-electron chi connectivity index (χ2n) is 2.91. The third kappa shape index (κ3) is 2.43. The highest BCUT2D eigenvalue weighted by atomic mass is 35.5. The molecule has 0 aliphatic rings. The van der Waals surface area contributed by atoms with Gasteiger partial charge in [-0.3, -0.25) is 9.69 Å². The van der Waals surface area contributed by atoms with Crippen molar-refractivity contribution >= 4 is 28.8 Å². The Labute approximate surface area is 86.1 Å². The molecule has 13 heavy (non-hydrogen) atoms. The number of likely N-dealkylation sites (N-methyl/N-ethyl adjacent to an activating group) is 1. The lowest BCUT2D eigenvalue weighted by Crippen LogP contribution is -2.32. The molecule has 0 spiro atoms. The fourth-order valence-electron chi connectivity index (χ4n) is 1.12. The highest BCUT2D eigenvalue weighted by Gasteiger charge is 2.21. The number of primary amides is 1. The predicted molar refractivity (Wildman–Crippen MR) is 55.0 cm³/mol. The Bertz CT molecular complexity index is 311. The van der Waals surface area contributed by atoms with Gasteiger partial charge in [-0.05, 0) is 26.2 Å². The summed E-state index contributed by atoms with van der Waals surface area (Å²) in [6, 6.07) is 3.21. The van der Waals surface area contributed by atoms with E-state index in [1.54, 1.807) is 11.0 Å². The third-order valence-electron chi connectivity index (χ3n) is 1.65. The zero-order valence-electron chi connectivity index (χ0n) is 7.45. The van der Waals surface area contributed by atoms with Crippen molar-refractivity contribution in [3.63, 3.8) is 0 Å². The summed E-state index contributed by atoms with van der Waals surface area (Å²) in [7, 11) is 3.62. The molecule has 0 saturated heterocycles. The van der Waals surface area contributed by atoms with E-state index >= 15 is 0 Å². The minimum Gasteiger partial charge on any atom is -0.368 e. The first kappa shape index (κ1) is 10.5. The van der Waals surface area contributed by atoms with E-state index < -0.39 is 0 Å². The number of carbonyl (C=O) groups excluding carboxylic acids is 1. The summed E-state index contributed by atoms with van der Waals surface area (Å²) < 4.78 is 0.670. The first-order chi connectivity index (χ1) is 6.02. The van der Waals surface area contributed by atoms with Crippen LogP contribution in [0.3, 0.4) is 0 Å². The number of halogens is 1. The maximum Gasteiger partial charge on any atom is 0.240 e. The van der Waals surface area contributed by atoms with Gasteiger partial charge < -0.3 is 5.73 Å². The fraction of sp³-hybridized carbons (Fsp3) is 0.375. The molecular formula is C8H11ClN2OS. The lowest BCUT2D eigenvalue weighted by atomic mass is 10.2. The van der Waals surface area contributed by atoms with Gasteiger partial charge >= 0.3 is 0 Å². The summed E-state index contributed by atoms with van der Waals surface area (Å²) in [6.45, 7) is 0. The molecule has 1 amide bonds. The Morgan fingerprint density at radius 2 is 2.23 bits per heavy atom. The van der Waals surface area contributed by atoms with Crippen LogP contribution in [0.25, 0.3) is 0 Å². The number of amides is 1. The highest BCUT2D eigenvalue weighted by Crippen LogP contribution is 2.28. The van der Waals surface area contributed by atoms with Gasteiger partial charge in [-0.25, -0.2) is 0 Å². The molecule has 5 heteroatoms. The van der Waals surface area contributed by atoms with E-state index in [2.05, 4.69) is 0 Å². The third-order valence-corrected chi connectivity index (χ3v) is 2.93. The monoisotopic (exact) mass is 218 g/mol. The number of thiophene rings is 1. The molecule has 0 radical (unpaired) electrons. The van der Waals surface area contributed by atoms with E-state index in [9.17, 15) is 4.79 Å². The smallest absolute Gasteiger partial charge is 0.240 e. The zero-order chi connectivity index (χ0) is 10.0. The van der Waals surface area contributed by atoms with Crippen molar-refractivity contribution < 1.29 is 4.79 Å². The number of nitrogens with two attached hydrogens (primary N) is 1. The van der Waals surface area contributed by atoms with Crippen LogP contribution in [0, 0.1) is 0 Å². The average molecular weight is 219 g/mol. The second kappa shape index (κ2) is 4.09. The van der Waals surface area contributed by atoms with Gasteiger partial charge in [-0.15, -0.1) is 11.3 Å². The summed E-state index contributed by atoms with van der Waals surface area (Å²) >= 11 is 7.14. The lowest BCUT2D eigenvalue weighted by Gasteiger charge is -2.19. The molecule has 0 aliphatic heterocycles. The SMILES string of the molecule is CN(C)C(C(N)=O)c1ccc(Cl)s1. The van der Waals surface area contributed by atoms with E-state index in [0.29, 0.717) is 4.34 Å². The highest BCUT2D eigenvalue weighted by molar-refractivity contribution is 7.16. The Morgan fingerprint density at radius 1 is 1.62 bits per heavy atom. The minimum atomic E-state index is -0.377. The number of carbonyl (C=O) groups is 1. The Hall–Kier alpha value is -0.580. The predicted octanol–water partition coefficient (Wildman–Crippen LogP) is 1.49. The second-order valence-corrected chi connectivity index (χ2v) is 4.66. The van der Waals surface area contributed by atoms with Crippen molar-refractivity contribution in [3.8, 4) is 0 Å². The molecule has 1 aromatic rings. The van der Waals surface area contributed by atoms with Crippen LogP contribution in [0.2, 0.25) is 4.34 Å². The number of nitrogens with zero attached hydrogens (tertiary/aromatic N) is 1. The standard InChI is InChI=1S/C8H11ClN2OS/c1-11(2)7(8(10)12)5-3-4-6(9)13-5/h3-4,7H,1-2H3,(H2,10,12). The fourth-order valence-corrected chi connectivity index (χ4v) is 2.39. The maximum atomic E-state index is 11.1. The van der Waals surface area contributed by atoms with Crippen LogP contribution in [0.5, 0.6) is 0 Å². The summed E-state index contributed by atoms with van der Waals surface area (Å²) in [5, 5.41) is 0. The average Bonchev–Trinajstić information content (AvgIpc) is 2.34. The van der Waals surface area contributed by atoms with Crippen LogP contribution < -0.4 is 5.73 Å². The Morgan fingerprint density at radius 3 is 2.54 bits per heavy atom. The van der Waals surface area contributed by atoms with E-state index in [-0.39, 0.29) is 11.9 Å². The minimum absolute atomic E-state index is 0.358. The number of hydrogen-bond acceptors (Lipinski definition) is 3. The van der Waals surface area contributed by atoms with Crippen molar-refractivity contribution in [2.45, 2.75) is 6.04 Å². The number of rotatable bonds is 3. The van der Waals surface area contributed by atoms with Gasteiger partial charge in [0.2, 0.25) is 5.91 Å². The van der Waals surface area contributed by atoms with Gasteiger partial charge in [0.05, 0.1) is 4.34 Å². The first-order valence-corrected chi connectivity index (χ1v) is 4.93. The van der Waals surface area contributed by atoms with Crippen LogP contribution in [0.15, 0.2) is 12.1 Å². The quantitative estimate of drug-likeness (QED) is 0.836. The lowest BCUT2D eigenvalue weighted by molar-refractivity contribution is -0.122. The van der Waals surface area contributed by atoms with E-state index in [0.717, 1.165) is 4.88 Å². The van der Waals surface area contributed by atoms with Gasteiger partial charge in [-0.1, -0.05) is 11.6 Å². The van der Waals surface area contributed by atoms with Crippen LogP contribution >= 0.6 is 22.9 Å². The first-order valence-electron chi connectivity index (χ1n) is 3.73. The van der Waals surface area contributed by atoms with Gasteiger partial charge in [0.1, 0.15) is 6.04 Å². The van der Waals surface area contributed by atoms with Crippen molar-refractivity contribution in [1.29, 1.82) is 0 Å². The van der Waals surface area contributed by atoms with Crippen LogP contribution in [0.1, 0.15) is 10.9 Å². The van der Waals surface area contributed by atoms with E-state index in [4.69, 9.17) is 17.3 Å². The molecule has 3 nitrogen and oxygen atoms in total. The molecule has 0 aromatic carbocycles. The molecule has 1 atom stereocenters. The largest absolute Gasteiger partial charge is 0.368 e. The summed E-state index contributed by atoms with van der Waals surface area (Å²) in [5.74, 6) is -0.358. The van der Waals surface area contributed by atoms with E-state index in [1.165, 1.54) is 11.3 Å². The van der Waals surface area contributed by atoms with Crippen molar-refractivity contribution in [2.24, 2.45) is 5.73 Å². The molecule has 2 N–H and O–H groups in total. The van der Waals surface area contributed by atoms with E-state index in [1.807, 2.05) is 20.2 Å². The maximum absolute atomic E-state index is 11.1. The Balaban J connectivity index is 2.95. The molecule has 72 valence electrons. The van der Waals surface area contributed by atoms with Gasteiger partial charge in [0.15, 0.2) is 0 Å². The number of hydrogen-bond donors (Lipinski definition) is 1. The summed E-state index contributed by atoms with van der Waals surface area (Å²) in [6.07, 6.45) is 0. The normalized spacial score (nSPS) is 13.2. The molecule has 0 aliphatic carbocycles. The summed E-state index contributed by atoms with van der Waals surface area (Å²) in [5.41, 5.74) is 5.26. The molecule has 1 unspecified atom stereocenters. The van der Waals surface area contributed by atoms with Crippen LogP contribution in [-0.2, 0) is 4.79 Å². The molecule has 0 saturated carbocycles. The molecule has 1 aromatic heterocycles. The molecule has 0 fully saturated rings. The van der Waals surface area contributed by atoms with Crippen molar-refractivity contribution in [3.05, 3.63) is 21.3 Å². The van der Waals surface area contributed by atoms with Gasteiger partial charge in [0, 0.05) is 4.88 Å². The topological polar surface area (TPSA) is 46.3 Å². The van der Waals surface area contributed by atoms with Crippen molar-refractivity contribution in [2.75, 3.05) is 14.1 Å². The zero-order valence-corrected chi connectivity index (χ0v) is 9.02.